The summed E-state index contributed by atoms with van der Waals surface area (Å²) in [5, 5.41) is -1.36. The van der Waals surface area contributed by atoms with Crippen LogP contribution in [0.2, 0.25) is 0 Å². The number of fused-ring (bicyclic) bond motifs is 1. The summed E-state index contributed by atoms with van der Waals surface area (Å²) >= 11 is 0. The van der Waals surface area contributed by atoms with Gasteiger partial charge in [-0.1, -0.05) is 0 Å². The molecule has 0 saturated heterocycles. The van der Waals surface area contributed by atoms with Crippen LogP contribution in [0.5, 0.6) is 11.5 Å². The van der Waals surface area contributed by atoms with Crippen LogP contribution in [-0.4, -0.2) is 24.9 Å². The van der Waals surface area contributed by atoms with Crippen molar-refractivity contribution < 1.29 is 58.2 Å². The molecule has 1 aliphatic rings. The molecule has 0 aliphatic carbocycles. The second-order valence-electron chi connectivity index (χ2n) is 2.83. The van der Waals surface area contributed by atoms with Gasteiger partial charge in [-0.25, -0.2) is 0 Å². The largest absolute Gasteiger partial charge is 1.00 e. The maximum Gasteiger partial charge on any atom is 1.00 e. The Balaban J connectivity index is 0.00000128. The SMILES string of the molecule is O=C(c1ccc2c(c1)OCO2)S(=O)(=O)O.[H-].[Na+]. The van der Waals surface area contributed by atoms with Crippen molar-refractivity contribution in [3.63, 3.8) is 0 Å². The predicted molar refractivity (Wildman–Crippen MR) is 49.6 cm³/mol. The molecule has 0 spiro atoms. The monoisotopic (exact) mass is 254 g/mol. The van der Waals surface area contributed by atoms with Crippen molar-refractivity contribution in [2.45, 2.75) is 0 Å². The van der Waals surface area contributed by atoms with Gasteiger partial charge in [0.05, 0.1) is 0 Å². The first kappa shape index (κ1) is 13.5. The van der Waals surface area contributed by atoms with Crippen molar-refractivity contribution in [2.75, 3.05) is 6.79 Å². The van der Waals surface area contributed by atoms with Gasteiger partial charge in [0, 0.05) is 5.56 Å². The third-order valence-electron chi connectivity index (χ3n) is 1.84. The van der Waals surface area contributed by atoms with Crippen molar-refractivity contribution in [1.29, 1.82) is 0 Å². The summed E-state index contributed by atoms with van der Waals surface area (Å²) in [6.45, 7) is 0.0266. The van der Waals surface area contributed by atoms with Crippen LogP contribution in [0, 0.1) is 0 Å². The maximum absolute atomic E-state index is 11.1. The van der Waals surface area contributed by atoms with Gasteiger partial charge in [0.1, 0.15) is 0 Å². The molecule has 1 aromatic rings. The molecule has 1 aliphatic heterocycles. The molecular weight excluding hydrogens is 247 g/mol. The molecule has 0 saturated carbocycles. The summed E-state index contributed by atoms with van der Waals surface area (Å²) < 4.78 is 39.6. The molecule has 1 N–H and O–H groups in total. The van der Waals surface area contributed by atoms with Crippen molar-refractivity contribution in [3.05, 3.63) is 23.8 Å². The van der Waals surface area contributed by atoms with Crippen LogP contribution in [0.3, 0.4) is 0 Å². The summed E-state index contributed by atoms with van der Waals surface area (Å²) in [6.07, 6.45) is 0. The van der Waals surface area contributed by atoms with Gasteiger partial charge in [0.25, 0.3) is 0 Å². The first-order valence-corrected chi connectivity index (χ1v) is 5.34. The van der Waals surface area contributed by atoms with E-state index in [-0.39, 0.29) is 49.1 Å². The fourth-order valence-corrected chi connectivity index (χ4v) is 1.60. The molecule has 16 heavy (non-hydrogen) atoms. The molecule has 0 unspecified atom stereocenters. The Kier molecular flexibility index (Phi) is 3.97. The van der Waals surface area contributed by atoms with Gasteiger partial charge >= 0.3 is 44.8 Å². The Labute approximate surface area is 115 Å². The Bertz CT molecular complexity index is 529. The summed E-state index contributed by atoms with van der Waals surface area (Å²) in [5.41, 5.74) is -0.165. The minimum absolute atomic E-state index is 0. The van der Waals surface area contributed by atoms with Crippen molar-refractivity contribution >= 4 is 15.2 Å². The fourth-order valence-electron chi connectivity index (χ4n) is 1.17. The van der Waals surface area contributed by atoms with Crippen molar-refractivity contribution in [1.82, 2.24) is 0 Å². The van der Waals surface area contributed by atoms with Gasteiger partial charge in [0.2, 0.25) is 6.79 Å². The summed E-state index contributed by atoms with van der Waals surface area (Å²) in [6, 6.07) is 3.85. The zero-order valence-electron chi connectivity index (χ0n) is 9.34. The molecular formula is C8H7NaO6S. The van der Waals surface area contributed by atoms with E-state index in [1.54, 1.807) is 0 Å². The number of rotatable bonds is 1. The molecule has 2 rings (SSSR count). The molecule has 82 valence electrons. The fraction of sp³-hybridized carbons (Fsp3) is 0.125. The maximum atomic E-state index is 11.1. The van der Waals surface area contributed by atoms with E-state index in [9.17, 15) is 13.2 Å². The average Bonchev–Trinajstić information content (AvgIpc) is 2.61. The Morgan fingerprint density at radius 3 is 2.56 bits per heavy atom. The first-order valence-electron chi connectivity index (χ1n) is 3.90. The molecule has 1 aromatic carbocycles. The van der Waals surface area contributed by atoms with Crippen molar-refractivity contribution in [2.24, 2.45) is 0 Å². The normalized spacial score (nSPS) is 13.1. The number of benzene rings is 1. The standard InChI is InChI=1S/C8H6O6S.Na.H/c9-8(15(10,11)12)5-1-2-6-7(3-5)14-4-13-6;;/h1-3H,4H2,(H,10,11,12);;/q;+1;-1. The Morgan fingerprint density at radius 1 is 1.31 bits per heavy atom. The molecule has 1 heterocycles. The molecule has 0 atom stereocenters. The van der Waals surface area contributed by atoms with E-state index in [4.69, 9.17) is 14.0 Å². The molecule has 0 radical (unpaired) electrons. The van der Waals surface area contributed by atoms with Gasteiger partial charge in [-0.3, -0.25) is 9.35 Å². The third-order valence-corrected chi connectivity index (χ3v) is 2.55. The smallest absolute Gasteiger partial charge is 1.00 e. The van der Waals surface area contributed by atoms with E-state index in [0.717, 1.165) is 0 Å². The second kappa shape index (κ2) is 4.72. The summed E-state index contributed by atoms with van der Waals surface area (Å²) in [4.78, 5) is 11.1. The van der Waals surface area contributed by atoms with Gasteiger partial charge in [-0.05, 0) is 18.2 Å². The molecule has 8 heteroatoms. The van der Waals surface area contributed by atoms with Gasteiger partial charge < -0.3 is 10.9 Å². The van der Waals surface area contributed by atoms with Crippen LogP contribution >= 0.6 is 0 Å². The molecule has 0 bridgehead atoms. The van der Waals surface area contributed by atoms with E-state index in [1.165, 1.54) is 18.2 Å². The van der Waals surface area contributed by atoms with Crippen LogP contribution < -0.4 is 39.0 Å². The number of hydrogen-bond acceptors (Lipinski definition) is 5. The topological polar surface area (TPSA) is 89.9 Å². The van der Waals surface area contributed by atoms with Crippen molar-refractivity contribution in [3.8, 4) is 11.5 Å². The zero-order chi connectivity index (χ0) is 11.1. The zero-order valence-corrected chi connectivity index (χ0v) is 11.2. The predicted octanol–water partition coefficient (Wildman–Crippen LogP) is -2.44. The molecule has 6 nitrogen and oxygen atoms in total. The van der Waals surface area contributed by atoms with Gasteiger partial charge in [-0.2, -0.15) is 8.42 Å². The Hall–Kier alpha value is -0.600. The van der Waals surface area contributed by atoms with E-state index in [1.807, 2.05) is 0 Å². The molecule has 0 fully saturated rings. The number of hydrogen-bond donors (Lipinski definition) is 1. The second-order valence-corrected chi connectivity index (χ2v) is 4.15. The third kappa shape index (κ3) is 2.55. The van der Waals surface area contributed by atoms with Crippen LogP contribution in [0.15, 0.2) is 18.2 Å². The molecule has 0 amide bonds. The Morgan fingerprint density at radius 2 is 1.94 bits per heavy atom. The van der Waals surface area contributed by atoms with Crippen LogP contribution in [0.4, 0.5) is 0 Å². The molecule has 0 aromatic heterocycles. The summed E-state index contributed by atoms with van der Waals surface area (Å²) in [7, 11) is -4.71. The van der Waals surface area contributed by atoms with Gasteiger partial charge in [-0.15, -0.1) is 0 Å². The van der Waals surface area contributed by atoms with E-state index in [2.05, 4.69) is 0 Å². The van der Waals surface area contributed by atoms with Crippen LogP contribution in [-0.2, 0) is 10.1 Å². The van der Waals surface area contributed by atoms with Gasteiger partial charge in [0.15, 0.2) is 11.5 Å². The number of ether oxygens (including phenoxy) is 2. The number of carbonyl (C=O) groups is 1. The van der Waals surface area contributed by atoms with Crippen LogP contribution in [0.25, 0.3) is 0 Å². The number of carbonyl (C=O) groups excluding carboxylic acids is 1. The van der Waals surface area contributed by atoms with E-state index < -0.39 is 15.2 Å². The summed E-state index contributed by atoms with van der Waals surface area (Å²) in [5.74, 6) is 0.714. The van der Waals surface area contributed by atoms with E-state index in [0.29, 0.717) is 5.75 Å². The van der Waals surface area contributed by atoms with Crippen LogP contribution in [0.1, 0.15) is 11.8 Å². The minimum atomic E-state index is -4.71. The van der Waals surface area contributed by atoms with E-state index >= 15 is 0 Å². The minimum Gasteiger partial charge on any atom is -1.00 e. The average molecular weight is 254 g/mol. The first-order chi connectivity index (χ1) is 6.98. The quantitative estimate of drug-likeness (QED) is 0.442.